The Labute approximate surface area is 194 Å². The summed E-state index contributed by atoms with van der Waals surface area (Å²) in [5, 5.41) is 3.07. The number of carbonyl (C=O) groups excluding carboxylic acids is 1. The number of piperidine rings is 3. The van der Waals surface area contributed by atoms with Gasteiger partial charge in [-0.2, -0.15) is 0 Å². The second kappa shape index (κ2) is 8.06. The number of ether oxygens (including phenoxy) is 3. The topological polar surface area (TPSA) is 60.0 Å². The van der Waals surface area contributed by atoms with Gasteiger partial charge in [-0.25, -0.2) is 4.79 Å². The highest BCUT2D eigenvalue weighted by Gasteiger charge is 2.43. The molecule has 174 valence electrons. The van der Waals surface area contributed by atoms with Gasteiger partial charge in [0.15, 0.2) is 11.5 Å². The van der Waals surface area contributed by atoms with Gasteiger partial charge in [-0.15, -0.1) is 20.5 Å². The number of rotatable bonds is 3. The molecule has 33 heavy (non-hydrogen) atoms. The predicted octanol–water partition coefficient (Wildman–Crippen LogP) is 5.03. The number of nitrogens with one attached hydrogen (secondary N) is 1. The number of amides is 1. The van der Waals surface area contributed by atoms with Gasteiger partial charge in [0.1, 0.15) is 6.10 Å². The van der Waals surface area contributed by atoms with Crippen molar-refractivity contribution in [3.8, 4) is 22.6 Å². The molecule has 0 aromatic heterocycles. The molecule has 2 aromatic carbocycles. The molecule has 1 unspecified atom stereocenters. The van der Waals surface area contributed by atoms with Crippen LogP contribution in [-0.2, 0) is 4.74 Å². The lowest BCUT2D eigenvalue weighted by Gasteiger charge is -2.44. The summed E-state index contributed by atoms with van der Waals surface area (Å²) in [6.45, 7) is 3.04. The van der Waals surface area contributed by atoms with Gasteiger partial charge in [-0.3, -0.25) is 4.90 Å². The average Bonchev–Trinajstić information content (AvgIpc) is 3.12. The number of carbonyl (C=O) groups is 1. The van der Waals surface area contributed by atoms with Gasteiger partial charge in [-0.05, 0) is 73.2 Å². The van der Waals surface area contributed by atoms with E-state index in [1.165, 1.54) is 6.07 Å². The van der Waals surface area contributed by atoms with Crippen molar-refractivity contribution in [3.05, 3.63) is 42.0 Å². The Kier molecular flexibility index (Phi) is 5.14. The molecule has 2 aromatic rings. The lowest BCUT2D eigenvalue weighted by atomic mass is 9.86. The molecule has 0 aliphatic carbocycles. The van der Waals surface area contributed by atoms with E-state index in [0.717, 1.165) is 66.2 Å². The lowest BCUT2D eigenvalue weighted by molar-refractivity contribution is -0.286. The fourth-order valence-electron chi connectivity index (χ4n) is 5.21. The third-order valence-electron chi connectivity index (χ3n) is 6.93. The molecule has 0 radical (unpaired) electrons. The molecule has 2 atom stereocenters. The molecule has 5 aliphatic rings. The van der Waals surface area contributed by atoms with E-state index in [9.17, 15) is 13.6 Å². The number of benzene rings is 2. The minimum atomic E-state index is -3.63. The number of halogens is 2. The number of hydrogen-bond acceptors (Lipinski definition) is 6. The van der Waals surface area contributed by atoms with Gasteiger partial charge in [-0.1, -0.05) is 18.2 Å². The van der Waals surface area contributed by atoms with Crippen molar-refractivity contribution in [2.24, 2.45) is 5.92 Å². The van der Waals surface area contributed by atoms with Crippen LogP contribution in [-0.4, -0.2) is 48.8 Å². The Morgan fingerprint density at radius 2 is 1.82 bits per heavy atom. The first kappa shape index (κ1) is 21.0. The molecule has 1 N–H and O–H groups in total. The smallest absolute Gasteiger partial charge is 0.445 e. The Bertz CT molecular complexity index is 1090. The highest BCUT2D eigenvalue weighted by molar-refractivity contribution is 7.99. The highest BCUT2D eigenvalue weighted by atomic mass is 32.2. The van der Waals surface area contributed by atoms with Gasteiger partial charge in [0.25, 0.3) is 0 Å². The molecule has 1 amide bonds. The third kappa shape index (κ3) is 4.12. The SMILES string of the molecule is O=C(NC1CCSc2cc(-c3ccc4c(c3)OC(F)(F)O4)ccc21)O[C@@H]1CN2CCC1CC2. The summed E-state index contributed by atoms with van der Waals surface area (Å²) in [4.78, 5) is 16.1. The zero-order chi connectivity index (χ0) is 22.6. The van der Waals surface area contributed by atoms with Crippen LogP contribution in [0.25, 0.3) is 11.1 Å². The molecule has 3 saturated heterocycles. The summed E-state index contributed by atoms with van der Waals surface area (Å²) in [5.74, 6) is 1.40. The summed E-state index contributed by atoms with van der Waals surface area (Å²) in [7, 11) is 0. The Balaban J connectivity index is 1.16. The highest BCUT2D eigenvalue weighted by Crippen LogP contribution is 2.44. The van der Waals surface area contributed by atoms with Crippen LogP contribution in [0.5, 0.6) is 11.5 Å². The zero-order valence-electron chi connectivity index (χ0n) is 17.9. The first-order valence-electron chi connectivity index (χ1n) is 11.3. The Morgan fingerprint density at radius 1 is 1.06 bits per heavy atom. The van der Waals surface area contributed by atoms with Crippen LogP contribution in [0.1, 0.15) is 30.9 Å². The molecule has 7 rings (SSSR count). The van der Waals surface area contributed by atoms with Crippen LogP contribution in [0, 0.1) is 5.92 Å². The van der Waals surface area contributed by atoms with Crippen molar-refractivity contribution in [2.45, 2.75) is 42.6 Å². The monoisotopic (exact) mass is 474 g/mol. The van der Waals surface area contributed by atoms with Crippen molar-refractivity contribution in [1.82, 2.24) is 10.2 Å². The van der Waals surface area contributed by atoms with Crippen LogP contribution in [0.3, 0.4) is 0 Å². The molecule has 5 heterocycles. The van der Waals surface area contributed by atoms with Gasteiger partial charge in [0, 0.05) is 17.2 Å². The zero-order valence-corrected chi connectivity index (χ0v) is 18.7. The summed E-state index contributed by atoms with van der Waals surface area (Å²) >= 11 is 1.72. The molecule has 0 saturated carbocycles. The molecular weight excluding hydrogens is 450 g/mol. The van der Waals surface area contributed by atoms with Crippen LogP contribution in [0.2, 0.25) is 0 Å². The van der Waals surface area contributed by atoms with E-state index >= 15 is 0 Å². The van der Waals surface area contributed by atoms with Gasteiger partial charge < -0.3 is 19.5 Å². The van der Waals surface area contributed by atoms with Crippen LogP contribution in [0.15, 0.2) is 41.3 Å². The molecule has 9 heteroatoms. The second-order valence-corrected chi connectivity index (χ2v) is 10.1. The lowest BCUT2D eigenvalue weighted by Crippen LogP contribution is -2.52. The average molecular weight is 475 g/mol. The number of thioether (sulfide) groups is 1. The summed E-state index contributed by atoms with van der Waals surface area (Å²) in [6, 6.07) is 10.6. The van der Waals surface area contributed by atoms with Crippen molar-refractivity contribution in [1.29, 1.82) is 0 Å². The predicted molar refractivity (Wildman–Crippen MR) is 119 cm³/mol. The van der Waals surface area contributed by atoms with E-state index in [4.69, 9.17) is 4.74 Å². The summed E-state index contributed by atoms with van der Waals surface area (Å²) in [6.07, 6.45) is -0.981. The standard InChI is InChI=1S/C24H24F2N2O4S/c25-24(26)31-19-4-2-15(11-20(19)32-24)16-1-3-17-18(7-10-33-22(17)12-16)27-23(29)30-21-13-28-8-5-14(21)6-9-28/h1-4,11-12,14,18,21H,5-10,13H2,(H,27,29)/t18?,21-/m1/s1. The van der Waals surface area contributed by atoms with Crippen molar-refractivity contribution in [2.75, 3.05) is 25.4 Å². The van der Waals surface area contributed by atoms with Gasteiger partial charge >= 0.3 is 12.4 Å². The summed E-state index contributed by atoms with van der Waals surface area (Å²) in [5.41, 5.74) is 2.70. The maximum absolute atomic E-state index is 13.3. The Hall–Kier alpha value is -2.52. The van der Waals surface area contributed by atoms with Crippen LogP contribution >= 0.6 is 11.8 Å². The molecule has 5 aliphatic heterocycles. The number of nitrogens with zero attached hydrogens (tertiary/aromatic N) is 1. The maximum Gasteiger partial charge on any atom is 0.586 e. The second-order valence-electron chi connectivity index (χ2n) is 9.00. The first-order chi connectivity index (χ1) is 15.9. The number of hydrogen-bond donors (Lipinski definition) is 1. The van der Waals surface area contributed by atoms with Crippen molar-refractivity contribution in [3.63, 3.8) is 0 Å². The fraction of sp³-hybridized carbons (Fsp3) is 0.458. The van der Waals surface area contributed by atoms with E-state index in [0.29, 0.717) is 5.92 Å². The largest absolute Gasteiger partial charge is 0.586 e. The number of fused-ring (bicyclic) bond motifs is 5. The van der Waals surface area contributed by atoms with Crippen molar-refractivity contribution < 1.29 is 27.8 Å². The molecule has 6 nitrogen and oxygen atoms in total. The van der Waals surface area contributed by atoms with Gasteiger partial charge in [0.05, 0.1) is 6.04 Å². The number of alkyl carbamates (subject to hydrolysis) is 1. The molecular formula is C24H24F2N2O4S. The van der Waals surface area contributed by atoms with E-state index in [-0.39, 0.29) is 29.7 Å². The minimum absolute atomic E-state index is 0.0225. The minimum Gasteiger partial charge on any atom is -0.445 e. The van der Waals surface area contributed by atoms with E-state index in [1.54, 1.807) is 23.9 Å². The van der Waals surface area contributed by atoms with E-state index < -0.39 is 6.29 Å². The normalized spacial score (nSPS) is 28.8. The van der Waals surface area contributed by atoms with Gasteiger partial charge in [0.2, 0.25) is 0 Å². The molecule has 3 fully saturated rings. The third-order valence-corrected chi connectivity index (χ3v) is 8.04. The van der Waals surface area contributed by atoms with E-state index in [1.807, 2.05) is 18.2 Å². The number of alkyl halides is 2. The maximum atomic E-state index is 13.3. The van der Waals surface area contributed by atoms with Crippen LogP contribution < -0.4 is 14.8 Å². The van der Waals surface area contributed by atoms with Crippen molar-refractivity contribution >= 4 is 17.9 Å². The summed E-state index contributed by atoms with van der Waals surface area (Å²) < 4.78 is 41.6. The Morgan fingerprint density at radius 3 is 2.61 bits per heavy atom. The van der Waals surface area contributed by atoms with E-state index in [2.05, 4.69) is 19.7 Å². The quantitative estimate of drug-likeness (QED) is 0.673. The molecule has 0 spiro atoms. The van der Waals surface area contributed by atoms with Crippen LogP contribution in [0.4, 0.5) is 13.6 Å². The molecule has 2 bridgehead atoms. The first-order valence-corrected chi connectivity index (χ1v) is 12.3. The fourth-order valence-corrected chi connectivity index (χ4v) is 6.37.